The van der Waals surface area contributed by atoms with Gasteiger partial charge in [-0.3, -0.25) is 4.79 Å². The number of rotatable bonds is 3. The Morgan fingerprint density at radius 2 is 1.77 bits per heavy atom. The number of carbonyl (C=O) groups is 1. The van der Waals surface area contributed by atoms with E-state index in [-0.39, 0.29) is 5.91 Å². The maximum Gasteiger partial charge on any atom is 0.287 e. The van der Waals surface area contributed by atoms with Crippen molar-refractivity contribution in [3.63, 3.8) is 0 Å². The van der Waals surface area contributed by atoms with Crippen molar-refractivity contribution in [2.24, 2.45) is 5.10 Å². The summed E-state index contributed by atoms with van der Waals surface area (Å²) >= 11 is 11.7. The van der Waals surface area contributed by atoms with E-state index in [1.165, 1.54) is 0 Å². The number of halogens is 2. The third-order valence-corrected chi connectivity index (χ3v) is 3.56. The Morgan fingerprint density at radius 3 is 2.55 bits per heavy atom. The minimum absolute atomic E-state index is 0.322. The highest BCUT2D eigenvalue weighted by Gasteiger charge is 2.08. The standard InChI is InChI=1S/C16H11Cl2N3O/c17-12-3-1-10(2-4-12)9-19-21-16(22)15-8-11-7-13(18)5-6-14(11)20-15/h1-9,20H,(H,21,22)/b19-9+. The van der Waals surface area contributed by atoms with E-state index in [4.69, 9.17) is 23.2 Å². The highest BCUT2D eigenvalue weighted by Crippen LogP contribution is 2.20. The number of fused-ring (bicyclic) bond motifs is 1. The van der Waals surface area contributed by atoms with E-state index in [0.717, 1.165) is 16.5 Å². The molecule has 1 aromatic heterocycles. The summed E-state index contributed by atoms with van der Waals surface area (Å²) in [4.78, 5) is 15.1. The molecule has 3 rings (SSSR count). The Hall–Kier alpha value is -2.30. The molecular formula is C16H11Cl2N3O. The molecule has 110 valence electrons. The minimum Gasteiger partial charge on any atom is -0.350 e. The van der Waals surface area contributed by atoms with Crippen molar-refractivity contribution < 1.29 is 4.79 Å². The molecule has 0 saturated heterocycles. The first-order chi connectivity index (χ1) is 10.6. The number of aromatic amines is 1. The van der Waals surface area contributed by atoms with Crippen molar-refractivity contribution in [1.82, 2.24) is 10.4 Å². The summed E-state index contributed by atoms with van der Waals surface area (Å²) in [5.74, 6) is -0.322. The number of amides is 1. The number of nitrogens with one attached hydrogen (secondary N) is 2. The van der Waals surface area contributed by atoms with Crippen LogP contribution in [0.3, 0.4) is 0 Å². The highest BCUT2D eigenvalue weighted by atomic mass is 35.5. The number of carbonyl (C=O) groups excluding carboxylic acids is 1. The minimum atomic E-state index is -0.322. The van der Waals surface area contributed by atoms with Crippen LogP contribution in [0.25, 0.3) is 10.9 Å². The van der Waals surface area contributed by atoms with Gasteiger partial charge in [0, 0.05) is 20.9 Å². The molecule has 0 unspecified atom stereocenters. The van der Waals surface area contributed by atoms with E-state index in [0.29, 0.717) is 15.7 Å². The van der Waals surface area contributed by atoms with Gasteiger partial charge in [0.25, 0.3) is 5.91 Å². The maximum absolute atomic E-state index is 12.0. The third kappa shape index (κ3) is 3.30. The largest absolute Gasteiger partial charge is 0.350 e. The summed E-state index contributed by atoms with van der Waals surface area (Å²) < 4.78 is 0. The summed E-state index contributed by atoms with van der Waals surface area (Å²) in [5.41, 5.74) is 4.58. The van der Waals surface area contributed by atoms with Crippen LogP contribution in [0.2, 0.25) is 10.0 Å². The van der Waals surface area contributed by atoms with Gasteiger partial charge in [-0.1, -0.05) is 35.3 Å². The Morgan fingerprint density at radius 1 is 1.05 bits per heavy atom. The normalized spacial score (nSPS) is 11.2. The van der Waals surface area contributed by atoms with Gasteiger partial charge >= 0.3 is 0 Å². The van der Waals surface area contributed by atoms with Crippen LogP contribution in [-0.4, -0.2) is 17.1 Å². The summed E-state index contributed by atoms with van der Waals surface area (Å²) in [5, 5.41) is 6.07. The van der Waals surface area contributed by atoms with Gasteiger partial charge in [-0.2, -0.15) is 5.10 Å². The Labute approximate surface area is 136 Å². The van der Waals surface area contributed by atoms with Crippen molar-refractivity contribution in [3.8, 4) is 0 Å². The van der Waals surface area contributed by atoms with Gasteiger partial charge < -0.3 is 4.98 Å². The molecule has 0 bridgehead atoms. The van der Waals surface area contributed by atoms with Crippen LogP contribution in [-0.2, 0) is 0 Å². The molecule has 0 atom stereocenters. The molecule has 0 fully saturated rings. The fourth-order valence-corrected chi connectivity index (χ4v) is 2.31. The molecule has 0 radical (unpaired) electrons. The van der Waals surface area contributed by atoms with E-state index < -0.39 is 0 Å². The first-order valence-electron chi connectivity index (χ1n) is 6.49. The number of H-pyrrole nitrogens is 1. The molecule has 0 saturated carbocycles. The summed E-state index contributed by atoms with van der Waals surface area (Å²) in [6, 6.07) is 14.2. The first kappa shape index (κ1) is 14.6. The van der Waals surface area contributed by atoms with E-state index in [2.05, 4.69) is 15.5 Å². The van der Waals surface area contributed by atoms with E-state index >= 15 is 0 Å². The predicted octanol–water partition coefficient (Wildman–Crippen LogP) is 4.24. The lowest BCUT2D eigenvalue weighted by atomic mass is 10.2. The topological polar surface area (TPSA) is 57.2 Å². The van der Waals surface area contributed by atoms with Crippen LogP contribution in [0.5, 0.6) is 0 Å². The number of hydrogen-bond donors (Lipinski definition) is 2. The molecule has 1 amide bonds. The quantitative estimate of drug-likeness (QED) is 0.547. The molecule has 0 aliphatic heterocycles. The zero-order valence-corrected chi connectivity index (χ0v) is 12.8. The second-order valence-corrected chi connectivity index (χ2v) is 5.54. The number of aromatic nitrogens is 1. The number of nitrogens with zero attached hydrogens (tertiary/aromatic N) is 1. The predicted molar refractivity (Wildman–Crippen MR) is 89.8 cm³/mol. The van der Waals surface area contributed by atoms with Gasteiger partial charge in [0.2, 0.25) is 0 Å². The van der Waals surface area contributed by atoms with Gasteiger partial charge in [-0.25, -0.2) is 5.43 Å². The lowest BCUT2D eigenvalue weighted by Gasteiger charge is -1.96. The van der Waals surface area contributed by atoms with Gasteiger partial charge in [0.1, 0.15) is 5.69 Å². The van der Waals surface area contributed by atoms with Gasteiger partial charge in [-0.05, 0) is 42.0 Å². The number of hydrazone groups is 1. The SMILES string of the molecule is O=C(N/N=C/c1ccc(Cl)cc1)c1cc2cc(Cl)ccc2[nH]1. The molecule has 3 aromatic rings. The molecular weight excluding hydrogens is 321 g/mol. The zero-order chi connectivity index (χ0) is 15.5. The van der Waals surface area contributed by atoms with Gasteiger partial charge in [0.05, 0.1) is 6.21 Å². The van der Waals surface area contributed by atoms with E-state index in [1.807, 2.05) is 18.2 Å². The van der Waals surface area contributed by atoms with Crippen molar-refractivity contribution in [2.75, 3.05) is 0 Å². The van der Waals surface area contributed by atoms with Crippen LogP contribution >= 0.6 is 23.2 Å². The monoisotopic (exact) mass is 331 g/mol. The number of hydrogen-bond acceptors (Lipinski definition) is 2. The second kappa shape index (κ2) is 6.22. The van der Waals surface area contributed by atoms with Gasteiger partial charge in [0.15, 0.2) is 0 Å². The smallest absolute Gasteiger partial charge is 0.287 e. The van der Waals surface area contributed by atoms with Crippen LogP contribution in [0.4, 0.5) is 0 Å². The molecule has 22 heavy (non-hydrogen) atoms. The lowest BCUT2D eigenvalue weighted by molar-refractivity contribution is 0.0951. The Balaban J connectivity index is 1.71. The van der Waals surface area contributed by atoms with Crippen LogP contribution in [0.15, 0.2) is 53.6 Å². The Bertz CT molecular complexity index is 853. The molecule has 1 heterocycles. The lowest BCUT2D eigenvalue weighted by Crippen LogP contribution is -2.17. The van der Waals surface area contributed by atoms with Crippen LogP contribution in [0, 0.1) is 0 Å². The molecule has 2 aromatic carbocycles. The van der Waals surface area contributed by atoms with Crippen molar-refractivity contribution >= 4 is 46.2 Å². The molecule has 0 aliphatic carbocycles. The molecule has 0 spiro atoms. The molecule has 6 heteroatoms. The summed E-state index contributed by atoms with van der Waals surface area (Å²) in [6.07, 6.45) is 1.55. The summed E-state index contributed by atoms with van der Waals surface area (Å²) in [7, 11) is 0. The zero-order valence-electron chi connectivity index (χ0n) is 11.3. The van der Waals surface area contributed by atoms with Crippen molar-refractivity contribution in [1.29, 1.82) is 0 Å². The fourth-order valence-electron chi connectivity index (χ4n) is 2.00. The van der Waals surface area contributed by atoms with E-state index in [1.54, 1.807) is 36.5 Å². The van der Waals surface area contributed by atoms with Crippen LogP contribution in [0.1, 0.15) is 16.1 Å². The third-order valence-electron chi connectivity index (χ3n) is 3.08. The second-order valence-electron chi connectivity index (χ2n) is 4.67. The average Bonchev–Trinajstić information content (AvgIpc) is 2.92. The van der Waals surface area contributed by atoms with Crippen molar-refractivity contribution in [2.45, 2.75) is 0 Å². The average molecular weight is 332 g/mol. The maximum atomic E-state index is 12.0. The molecule has 2 N–H and O–H groups in total. The fraction of sp³-hybridized carbons (Fsp3) is 0. The molecule has 0 aliphatic rings. The van der Waals surface area contributed by atoms with Gasteiger partial charge in [-0.15, -0.1) is 0 Å². The Kier molecular flexibility index (Phi) is 4.13. The van der Waals surface area contributed by atoms with E-state index in [9.17, 15) is 4.79 Å². The number of benzene rings is 2. The van der Waals surface area contributed by atoms with Crippen LogP contribution < -0.4 is 5.43 Å². The van der Waals surface area contributed by atoms with Crippen molar-refractivity contribution in [3.05, 3.63) is 69.8 Å². The molecule has 4 nitrogen and oxygen atoms in total. The highest BCUT2D eigenvalue weighted by molar-refractivity contribution is 6.31. The first-order valence-corrected chi connectivity index (χ1v) is 7.25. The summed E-state index contributed by atoms with van der Waals surface area (Å²) in [6.45, 7) is 0.